The third kappa shape index (κ3) is 4.41. The van der Waals surface area contributed by atoms with Gasteiger partial charge in [-0.15, -0.1) is 0 Å². The number of aromatic nitrogens is 1. The van der Waals surface area contributed by atoms with Gasteiger partial charge in [0.1, 0.15) is 0 Å². The van der Waals surface area contributed by atoms with Crippen molar-refractivity contribution in [3.05, 3.63) is 36.0 Å². The Morgan fingerprint density at radius 2 is 2.04 bits per heavy atom. The highest BCUT2D eigenvalue weighted by molar-refractivity contribution is 7.91. The van der Waals surface area contributed by atoms with Crippen LogP contribution in [0.1, 0.15) is 12.0 Å². The lowest BCUT2D eigenvalue weighted by atomic mass is 10.1. The number of nitrogens with one attached hydrogen (secondary N) is 1. The van der Waals surface area contributed by atoms with E-state index in [0.29, 0.717) is 19.4 Å². The van der Waals surface area contributed by atoms with Crippen LogP contribution in [0.15, 0.2) is 30.5 Å². The molecule has 1 aromatic heterocycles. The number of benzene rings is 1. The van der Waals surface area contributed by atoms with Crippen LogP contribution in [0.5, 0.6) is 0 Å². The van der Waals surface area contributed by atoms with Gasteiger partial charge in [-0.1, -0.05) is 6.07 Å². The first kappa shape index (κ1) is 17.9. The summed E-state index contributed by atoms with van der Waals surface area (Å²) >= 11 is 0. The van der Waals surface area contributed by atoms with Crippen LogP contribution in [0.3, 0.4) is 0 Å². The highest BCUT2D eigenvalue weighted by Gasteiger charge is 2.34. The molecule has 2 aromatic rings. The molecule has 0 bridgehead atoms. The Hall–Kier alpha value is -1.86. The van der Waals surface area contributed by atoms with Gasteiger partial charge in [-0.2, -0.15) is 0 Å². The second kappa shape index (κ2) is 7.17. The number of hydrogen-bond acceptors (Lipinski definition) is 4. The van der Waals surface area contributed by atoms with Crippen LogP contribution in [-0.2, 0) is 21.1 Å². The molecule has 6 nitrogen and oxygen atoms in total. The molecule has 1 fully saturated rings. The Bertz CT molecular complexity index is 857. The third-order valence-corrected chi connectivity index (χ3v) is 6.48. The molecule has 0 saturated carbocycles. The molecule has 7 heteroatoms. The van der Waals surface area contributed by atoms with Crippen molar-refractivity contribution in [1.29, 1.82) is 0 Å². The Balaban J connectivity index is 1.75. The van der Waals surface area contributed by atoms with Gasteiger partial charge in [0.15, 0.2) is 9.84 Å². The van der Waals surface area contributed by atoms with Gasteiger partial charge in [-0.3, -0.25) is 4.79 Å². The van der Waals surface area contributed by atoms with Gasteiger partial charge in [0.25, 0.3) is 0 Å². The van der Waals surface area contributed by atoms with Crippen molar-refractivity contribution < 1.29 is 13.2 Å². The number of sulfone groups is 1. The minimum atomic E-state index is -3.02. The van der Waals surface area contributed by atoms with E-state index in [2.05, 4.69) is 4.98 Å². The zero-order chi connectivity index (χ0) is 18.0. The van der Waals surface area contributed by atoms with Crippen LogP contribution in [0.25, 0.3) is 10.9 Å². The average Bonchev–Trinajstić information content (AvgIpc) is 3.13. The molecule has 1 unspecified atom stereocenters. The smallest absolute Gasteiger partial charge is 0.227 e. The fraction of sp³-hybridized carbons (Fsp3) is 0.500. The van der Waals surface area contributed by atoms with Gasteiger partial charge in [-0.25, -0.2) is 8.42 Å². The topological polar surface area (TPSA) is 73.5 Å². The van der Waals surface area contributed by atoms with Gasteiger partial charge >= 0.3 is 0 Å². The van der Waals surface area contributed by atoms with E-state index in [-0.39, 0.29) is 23.5 Å². The molecule has 1 aromatic carbocycles. The molecular weight excluding hydrogens is 338 g/mol. The average molecular weight is 363 g/mol. The first-order valence-electron chi connectivity index (χ1n) is 8.55. The number of aromatic amines is 1. The highest BCUT2D eigenvalue weighted by atomic mass is 32.2. The van der Waals surface area contributed by atoms with E-state index in [0.717, 1.165) is 23.0 Å². The van der Waals surface area contributed by atoms with E-state index >= 15 is 0 Å². The number of amides is 1. The van der Waals surface area contributed by atoms with Gasteiger partial charge in [0.05, 0.1) is 17.9 Å². The molecule has 1 amide bonds. The van der Waals surface area contributed by atoms with E-state index < -0.39 is 9.84 Å². The summed E-state index contributed by atoms with van der Waals surface area (Å²) in [4.78, 5) is 19.8. The number of likely N-dealkylation sites (N-methyl/N-ethyl adjacent to an activating group) is 1. The van der Waals surface area contributed by atoms with Crippen molar-refractivity contribution >= 4 is 26.6 Å². The minimum absolute atomic E-state index is 0.00108. The lowest BCUT2D eigenvalue weighted by molar-refractivity contribution is -0.132. The summed E-state index contributed by atoms with van der Waals surface area (Å²) in [6.07, 6.45) is 2.71. The second-order valence-corrected chi connectivity index (χ2v) is 9.25. The molecule has 1 N–H and O–H groups in total. The summed E-state index contributed by atoms with van der Waals surface area (Å²) in [5, 5.41) is 1.08. The van der Waals surface area contributed by atoms with Crippen LogP contribution < -0.4 is 0 Å². The van der Waals surface area contributed by atoms with Crippen LogP contribution >= 0.6 is 0 Å². The minimum Gasteiger partial charge on any atom is -0.361 e. The zero-order valence-corrected chi connectivity index (χ0v) is 15.6. The molecule has 0 spiro atoms. The molecule has 0 aliphatic carbocycles. The van der Waals surface area contributed by atoms with Crippen LogP contribution in [0, 0.1) is 0 Å². The van der Waals surface area contributed by atoms with E-state index in [1.54, 1.807) is 4.90 Å². The maximum atomic E-state index is 12.9. The number of H-pyrrole nitrogens is 1. The number of carbonyl (C=O) groups is 1. The first-order chi connectivity index (χ1) is 11.8. The molecular formula is C18H25N3O3S. The quantitative estimate of drug-likeness (QED) is 0.839. The van der Waals surface area contributed by atoms with Crippen molar-refractivity contribution in [2.45, 2.75) is 18.9 Å². The Morgan fingerprint density at radius 3 is 2.72 bits per heavy atom. The van der Waals surface area contributed by atoms with Crippen molar-refractivity contribution in [2.24, 2.45) is 0 Å². The molecule has 136 valence electrons. The van der Waals surface area contributed by atoms with Gasteiger partial charge in [0.2, 0.25) is 5.91 Å². The predicted molar refractivity (Wildman–Crippen MR) is 99.3 cm³/mol. The summed E-state index contributed by atoms with van der Waals surface area (Å²) in [7, 11) is 0.886. The van der Waals surface area contributed by atoms with E-state index in [1.807, 2.05) is 49.5 Å². The van der Waals surface area contributed by atoms with Crippen molar-refractivity contribution in [3.8, 4) is 0 Å². The SMILES string of the molecule is CN(C)CCN(C(=O)Cc1ccc2[nH]ccc2c1)C1CCS(=O)(=O)C1. The standard InChI is InChI=1S/C18H25N3O3S/c1-20(2)8-9-21(16-6-10-25(23,24)13-16)18(22)12-14-3-4-17-15(11-14)5-7-19-17/h3-5,7,11,16,19H,6,8-10,12-13H2,1-2H3. The molecule has 1 aliphatic heterocycles. The number of nitrogens with zero attached hydrogens (tertiary/aromatic N) is 2. The molecule has 1 aliphatic rings. The largest absolute Gasteiger partial charge is 0.361 e. The van der Waals surface area contributed by atoms with Crippen molar-refractivity contribution in [3.63, 3.8) is 0 Å². The predicted octanol–water partition coefficient (Wildman–Crippen LogP) is 1.29. The number of carbonyl (C=O) groups excluding carboxylic acids is 1. The van der Waals surface area contributed by atoms with E-state index in [1.165, 1.54) is 0 Å². The number of hydrogen-bond donors (Lipinski definition) is 1. The fourth-order valence-electron chi connectivity index (χ4n) is 3.33. The molecule has 2 heterocycles. The Labute approximate surface area is 148 Å². The zero-order valence-electron chi connectivity index (χ0n) is 14.7. The van der Waals surface area contributed by atoms with Crippen LogP contribution in [-0.4, -0.2) is 73.8 Å². The third-order valence-electron chi connectivity index (χ3n) is 4.73. The van der Waals surface area contributed by atoms with E-state index in [4.69, 9.17) is 0 Å². The highest BCUT2D eigenvalue weighted by Crippen LogP contribution is 2.20. The molecule has 25 heavy (non-hydrogen) atoms. The second-order valence-electron chi connectivity index (χ2n) is 7.02. The van der Waals surface area contributed by atoms with E-state index in [9.17, 15) is 13.2 Å². The van der Waals surface area contributed by atoms with Crippen molar-refractivity contribution in [1.82, 2.24) is 14.8 Å². The summed E-state index contributed by atoms with van der Waals surface area (Å²) in [5.74, 6) is 0.265. The molecule has 1 atom stereocenters. The fourth-order valence-corrected chi connectivity index (χ4v) is 5.06. The maximum absolute atomic E-state index is 12.9. The molecule has 1 saturated heterocycles. The number of rotatable bonds is 6. The van der Waals surface area contributed by atoms with Crippen LogP contribution in [0.4, 0.5) is 0 Å². The molecule has 3 rings (SSSR count). The Morgan fingerprint density at radius 1 is 1.24 bits per heavy atom. The van der Waals surface area contributed by atoms with Gasteiger partial charge in [-0.05, 0) is 49.7 Å². The summed E-state index contributed by atoms with van der Waals surface area (Å²) in [6.45, 7) is 1.28. The summed E-state index contributed by atoms with van der Waals surface area (Å²) in [5.41, 5.74) is 2.00. The first-order valence-corrected chi connectivity index (χ1v) is 10.4. The summed E-state index contributed by atoms with van der Waals surface area (Å²) < 4.78 is 23.7. The maximum Gasteiger partial charge on any atom is 0.227 e. The number of fused-ring (bicyclic) bond motifs is 1. The molecule has 0 radical (unpaired) electrons. The Kier molecular flexibility index (Phi) is 5.15. The normalized spacial score (nSPS) is 19.6. The summed E-state index contributed by atoms with van der Waals surface area (Å²) in [6, 6.07) is 7.72. The monoisotopic (exact) mass is 363 g/mol. The van der Waals surface area contributed by atoms with Crippen molar-refractivity contribution in [2.75, 3.05) is 38.7 Å². The van der Waals surface area contributed by atoms with Crippen LogP contribution in [0.2, 0.25) is 0 Å². The lowest BCUT2D eigenvalue weighted by Crippen LogP contribution is -2.45. The van der Waals surface area contributed by atoms with Gasteiger partial charge in [0, 0.05) is 30.8 Å². The lowest BCUT2D eigenvalue weighted by Gasteiger charge is -2.29. The van der Waals surface area contributed by atoms with Gasteiger partial charge < -0.3 is 14.8 Å².